The van der Waals surface area contributed by atoms with Crippen molar-refractivity contribution in [3.8, 4) is 0 Å². The molecule has 13 heavy (non-hydrogen) atoms. The minimum atomic E-state index is -0.722. The number of hydrogen-bond acceptors (Lipinski definition) is 2. The number of carbonyl (C=O) groups is 2. The van der Waals surface area contributed by atoms with Gasteiger partial charge >= 0.3 is 6.03 Å². The van der Waals surface area contributed by atoms with Crippen LogP contribution in [0.2, 0.25) is 0 Å². The minimum absolute atomic E-state index is 0.167. The van der Waals surface area contributed by atoms with E-state index < -0.39 is 5.54 Å². The van der Waals surface area contributed by atoms with E-state index in [9.17, 15) is 9.59 Å². The summed E-state index contributed by atoms with van der Waals surface area (Å²) in [4.78, 5) is 24.1. The first kappa shape index (κ1) is 9.77. The third kappa shape index (κ3) is 1.43. The first-order valence-corrected chi connectivity index (χ1v) is 4.30. The minimum Gasteiger partial charge on any atom is -0.323 e. The Bertz CT molecular complexity index is 262. The first-order valence-electron chi connectivity index (χ1n) is 4.30. The first-order chi connectivity index (χ1) is 6.05. The van der Waals surface area contributed by atoms with Crippen molar-refractivity contribution in [2.45, 2.75) is 25.8 Å². The summed E-state index contributed by atoms with van der Waals surface area (Å²) < 4.78 is 0. The average Bonchev–Trinajstić information content (AvgIpc) is 2.31. The molecule has 1 rings (SSSR count). The van der Waals surface area contributed by atoms with Crippen LogP contribution in [0.25, 0.3) is 0 Å². The van der Waals surface area contributed by atoms with Gasteiger partial charge in [0, 0.05) is 6.54 Å². The van der Waals surface area contributed by atoms with E-state index in [1.807, 2.05) is 6.92 Å². The van der Waals surface area contributed by atoms with Crippen LogP contribution in [0.3, 0.4) is 0 Å². The number of nitrogens with one attached hydrogen (secondary N) is 1. The van der Waals surface area contributed by atoms with Crippen LogP contribution in [-0.4, -0.2) is 28.9 Å². The van der Waals surface area contributed by atoms with E-state index in [4.69, 9.17) is 0 Å². The summed E-state index contributed by atoms with van der Waals surface area (Å²) in [6, 6.07) is -0.325. The highest BCUT2D eigenvalue weighted by atomic mass is 16.2. The average molecular weight is 182 g/mol. The number of nitrogens with zero attached hydrogens (tertiary/aromatic N) is 1. The van der Waals surface area contributed by atoms with Gasteiger partial charge in [-0.3, -0.25) is 9.69 Å². The van der Waals surface area contributed by atoms with E-state index in [2.05, 4.69) is 11.9 Å². The van der Waals surface area contributed by atoms with E-state index in [0.717, 1.165) is 0 Å². The van der Waals surface area contributed by atoms with Crippen molar-refractivity contribution in [2.75, 3.05) is 6.54 Å². The number of hydrogen-bond donors (Lipinski definition) is 1. The molecule has 4 nitrogen and oxygen atoms in total. The second-order valence-corrected chi connectivity index (χ2v) is 3.32. The molecule has 0 aliphatic carbocycles. The molecule has 1 saturated heterocycles. The normalized spacial score (nSPS) is 27.7. The molecule has 0 radical (unpaired) electrons. The third-order valence-electron chi connectivity index (χ3n) is 2.36. The second kappa shape index (κ2) is 3.20. The van der Waals surface area contributed by atoms with Gasteiger partial charge in [-0.25, -0.2) is 4.79 Å². The highest BCUT2D eigenvalue weighted by Crippen LogP contribution is 2.20. The van der Waals surface area contributed by atoms with Crippen LogP contribution in [0.15, 0.2) is 12.7 Å². The monoisotopic (exact) mass is 182 g/mol. The maximum absolute atomic E-state index is 11.7. The molecule has 1 atom stereocenters. The van der Waals surface area contributed by atoms with Gasteiger partial charge in [0.05, 0.1) is 0 Å². The molecule has 3 amide bonds. The number of amides is 3. The fourth-order valence-corrected chi connectivity index (χ4v) is 1.28. The molecule has 0 aromatic heterocycles. The molecule has 4 heteroatoms. The Morgan fingerprint density at radius 3 is 2.62 bits per heavy atom. The zero-order chi connectivity index (χ0) is 10.1. The number of rotatable bonds is 3. The van der Waals surface area contributed by atoms with Crippen molar-refractivity contribution in [2.24, 2.45) is 0 Å². The number of carbonyl (C=O) groups excluding carboxylic acids is 2. The largest absolute Gasteiger partial charge is 0.325 e. The molecule has 1 aliphatic rings. The van der Waals surface area contributed by atoms with Gasteiger partial charge in [0.25, 0.3) is 5.91 Å². The summed E-state index contributed by atoms with van der Waals surface area (Å²) in [5, 5.41) is 2.65. The van der Waals surface area contributed by atoms with Gasteiger partial charge in [-0.2, -0.15) is 0 Å². The van der Waals surface area contributed by atoms with Gasteiger partial charge in [-0.1, -0.05) is 13.0 Å². The molecule has 1 fully saturated rings. The van der Waals surface area contributed by atoms with E-state index >= 15 is 0 Å². The molecule has 0 bridgehead atoms. The fraction of sp³-hybridized carbons (Fsp3) is 0.556. The molecule has 1 N–H and O–H groups in total. The maximum atomic E-state index is 11.7. The van der Waals surface area contributed by atoms with Gasteiger partial charge in [-0.05, 0) is 13.3 Å². The Balaban J connectivity index is 2.87. The van der Waals surface area contributed by atoms with Gasteiger partial charge < -0.3 is 5.32 Å². The predicted molar refractivity (Wildman–Crippen MR) is 49.1 cm³/mol. The Hall–Kier alpha value is -1.32. The fourth-order valence-electron chi connectivity index (χ4n) is 1.28. The van der Waals surface area contributed by atoms with Gasteiger partial charge in [0.15, 0.2) is 0 Å². The summed E-state index contributed by atoms with van der Waals surface area (Å²) in [5.41, 5.74) is -0.722. The zero-order valence-electron chi connectivity index (χ0n) is 7.96. The molecular formula is C9H14N2O2. The standard InChI is InChI=1S/C9H14N2O2/c1-4-6-11-7(12)9(3,5-2)10-8(11)13/h4H,1,5-6H2,2-3H3,(H,10,13). The van der Waals surface area contributed by atoms with Crippen molar-refractivity contribution in [1.29, 1.82) is 0 Å². The SMILES string of the molecule is C=CCN1C(=O)NC(C)(CC)C1=O. The Kier molecular flexibility index (Phi) is 2.40. The quantitative estimate of drug-likeness (QED) is 0.520. The third-order valence-corrected chi connectivity index (χ3v) is 2.36. The van der Waals surface area contributed by atoms with E-state index in [-0.39, 0.29) is 18.5 Å². The van der Waals surface area contributed by atoms with Gasteiger partial charge in [0.2, 0.25) is 0 Å². The van der Waals surface area contributed by atoms with Crippen molar-refractivity contribution in [3.05, 3.63) is 12.7 Å². The lowest BCUT2D eigenvalue weighted by atomic mass is 9.99. The van der Waals surface area contributed by atoms with Crippen molar-refractivity contribution in [3.63, 3.8) is 0 Å². The van der Waals surface area contributed by atoms with Crippen molar-refractivity contribution < 1.29 is 9.59 Å². The van der Waals surface area contributed by atoms with E-state index in [0.29, 0.717) is 6.42 Å². The lowest BCUT2D eigenvalue weighted by Crippen LogP contribution is -2.43. The van der Waals surface area contributed by atoms with Crippen LogP contribution in [0.1, 0.15) is 20.3 Å². The number of imide groups is 1. The van der Waals surface area contributed by atoms with Crippen LogP contribution in [-0.2, 0) is 4.79 Å². The van der Waals surface area contributed by atoms with E-state index in [1.165, 1.54) is 4.90 Å². The Labute approximate surface area is 77.6 Å². The molecule has 0 aromatic rings. The second-order valence-electron chi connectivity index (χ2n) is 3.32. The lowest BCUT2D eigenvalue weighted by Gasteiger charge is -2.18. The lowest BCUT2D eigenvalue weighted by molar-refractivity contribution is -0.130. The molecule has 72 valence electrons. The molecule has 0 saturated carbocycles. The number of urea groups is 1. The Morgan fingerprint density at radius 2 is 2.23 bits per heavy atom. The molecule has 0 aromatic carbocycles. The summed E-state index contributed by atoms with van der Waals surface area (Å²) in [6.07, 6.45) is 2.14. The maximum Gasteiger partial charge on any atom is 0.325 e. The van der Waals surface area contributed by atoms with Crippen molar-refractivity contribution in [1.82, 2.24) is 10.2 Å². The van der Waals surface area contributed by atoms with Crippen LogP contribution < -0.4 is 5.32 Å². The van der Waals surface area contributed by atoms with Crippen LogP contribution in [0.5, 0.6) is 0 Å². The van der Waals surface area contributed by atoms with Gasteiger partial charge in [-0.15, -0.1) is 6.58 Å². The molecule has 1 unspecified atom stereocenters. The smallest absolute Gasteiger partial charge is 0.323 e. The molecule has 1 heterocycles. The highest BCUT2D eigenvalue weighted by molar-refractivity contribution is 6.06. The molecule has 0 spiro atoms. The van der Waals surface area contributed by atoms with Gasteiger partial charge in [0.1, 0.15) is 5.54 Å². The predicted octanol–water partition coefficient (Wildman–Crippen LogP) is 0.893. The summed E-state index contributed by atoms with van der Waals surface area (Å²) in [5.74, 6) is -0.167. The zero-order valence-corrected chi connectivity index (χ0v) is 7.96. The van der Waals surface area contributed by atoms with Crippen LogP contribution >= 0.6 is 0 Å². The van der Waals surface area contributed by atoms with E-state index in [1.54, 1.807) is 13.0 Å². The summed E-state index contributed by atoms with van der Waals surface area (Å²) in [7, 11) is 0. The summed E-state index contributed by atoms with van der Waals surface area (Å²) >= 11 is 0. The molecular weight excluding hydrogens is 168 g/mol. The highest BCUT2D eigenvalue weighted by Gasteiger charge is 2.45. The Morgan fingerprint density at radius 1 is 1.62 bits per heavy atom. The van der Waals surface area contributed by atoms with Crippen LogP contribution in [0.4, 0.5) is 4.79 Å². The topological polar surface area (TPSA) is 49.4 Å². The summed E-state index contributed by atoms with van der Waals surface area (Å²) in [6.45, 7) is 7.37. The molecule has 1 aliphatic heterocycles. The van der Waals surface area contributed by atoms with Crippen LogP contribution in [0, 0.1) is 0 Å². The van der Waals surface area contributed by atoms with Crippen molar-refractivity contribution >= 4 is 11.9 Å².